The average Bonchev–Trinajstić information content (AvgIpc) is 2.69. The van der Waals surface area contributed by atoms with Gasteiger partial charge in [0, 0.05) is 17.6 Å². The molecule has 96 valence electrons. The van der Waals surface area contributed by atoms with E-state index < -0.39 is 0 Å². The molecule has 1 saturated carbocycles. The molecule has 3 nitrogen and oxygen atoms in total. The van der Waals surface area contributed by atoms with E-state index in [9.17, 15) is 0 Å². The third kappa shape index (κ3) is 1.98. The minimum Gasteiger partial charge on any atom is -0.398 e. The van der Waals surface area contributed by atoms with Gasteiger partial charge in [-0.3, -0.25) is 4.68 Å². The molecule has 0 saturated heterocycles. The molecule has 0 unspecified atom stereocenters. The summed E-state index contributed by atoms with van der Waals surface area (Å²) in [5, 5.41) is 5.81. The first-order chi connectivity index (χ1) is 8.75. The van der Waals surface area contributed by atoms with Crippen LogP contribution < -0.4 is 5.73 Å². The molecule has 0 spiro atoms. The number of nitrogens with two attached hydrogens (primary N) is 1. The molecule has 1 aliphatic rings. The quantitative estimate of drug-likeness (QED) is 0.820. The Morgan fingerprint density at radius 2 is 2.06 bits per heavy atom. The van der Waals surface area contributed by atoms with Crippen molar-refractivity contribution in [3.8, 4) is 0 Å². The van der Waals surface area contributed by atoms with Crippen LogP contribution >= 0.6 is 0 Å². The Balaban J connectivity index is 1.94. The second-order valence-corrected chi connectivity index (χ2v) is 5.51. The van der Waals surface area contributed by atoms with E-state index in [0.717, 1.165) is 29.2 Å². The second kappa shape index (κ2) is 4.63. The molecule has 1 aromatic heterocycles. The lowest BCUT2D eigenvalue weighted by Crippen LogP contribution is -2.15. The SMILES string of the molecule is Cc1nn(CC2CCCCC2)c2cccc(N)c12. The van der Waals surface area contributed by atoms with Gasteiger partial charge in [0.2, 0.25) is 0 Å². The van der Waals surface area contributed by atoms with Crippen LogP contribution in [0.15, 0.2) is 18.2 Å². The lowest BCUT2D eigenvalue weighted by Gasteiger charge is -2.21. The Morgan fingerprint density at radius 1 is 1.28 bits per heavy atom. The van der Waals surface area contributed by atoms with E-state index in [1.165, 1.54) is 37.6 Å². The lowest BCUT2D eigenvalue weighted by atomic mass is 9.89. The van der Waals surface area contributed by atoms with Gasteiger partial charge < -0.3 is 5.73 Å². The zero-order chi connectivity index (χ0) is 12.5. The fourth-order valence-corrected chi connectivity index (χ4v) is 3.21. The van der Waals surface area contributed by atoms with Crippen LogP contribution in [0.2, 0.25) is 0 Å². The molecule has 0 radical (unpaired) electrons. The fourth-order valence-electron chi connectivity index (χ4n) is 3.21. The van der Waals surface area contributed by atoms with Crippen molar-refractivity contribution in [1.82, 2.24) is 9.78 Å². The molecule has 2 aromatic rings. The number of benzene rings is 1. The van der Waals surface area contributed by atoms with Crippen molar-refractivity contribution in [2.75, 3.05) is 5.73 Å². The smallest absolute Gasteiger partial charge is 0.0706 e. The van der Waals surface area contributed by atoms with Crippen LogP contribution in [-0.4, -0.2) is 9.78 Å². The van der Waals surface area contributed by atoms with Gasteiger partial charge in [0.25, 0.3) is 0 Å². The standard InChI is InChI=1S/C15H21N3/c1-11-15-13(16)8-5-9-14(15)18(17-11)10-12-6-3-2-4-7-12/h5,8-9,12H,2-4,6-7,10,16H2,1H3. The largest absolute Gasteiger partial charge is 0.398 e. The number of hydrogen-bond acceptors (Lipinski definition) is 2. The monoisotopic (exact) mass is 243 g/mol. The van der Waals surface area contributed by atoms with Crippen LogP contribution in [0.1, 0.15) is 37.8 Å². The van der Waals surface area contributed by atoms with Crippen LogP contribution in [-0.2, 0) is 6.54 Å². The number of nitrogen functional groups attached to an aromatic ring is 1. The van der Waals surface area contributed by atoms with Crippen molar-refractivity contribution in [2.24, 2.45) is 5.92 Å². The zero-order valence-electron chi connectivity index (χ0n) is 11.0. The average molecular weight is 243 g/mol. The summed E-state index contributed by atoms with van der Waals surface area (Å²) in [7, 11) is 0. The highest BCUT2D eigenvalue weighted by Crippen LogP contribution is 2.28. The number of fused-ring (bicyclic) bond motifs is 1. The van der Waals surface area contributed by atoms with Gasteiger partial charge in [0.05, 0.1) is 11.2 Å². The van der Waals surface area contributed by atoms with Crippen LogP contribution in [0.3, 0.4) is 0 Å². The van der Waals surface area contributed by atoms with Crippen LogP contribution in [0.4, 0.5) is 5.69 Å². The van der Waals surface area contributed by atoms with E-state index in [1.807, 2.05) is 12.1 Å². The second-order valence-electron chi connectivity index (χ2n) is 5.51. The maximum atomic E-state index is 6.05. The molecule has 1 heterocycles. The van der Waals surface area contributed by atoms with Gasteiger partial charge >= 0.3 is 0 Å². The summed E-state index contributed by atoms with van der Waals surface area (Å²) in [6.07, 6.45) is 6.86. The summed E-state index contributed by atoms with van der Waals surface area (Å²) >= 11 is 0. The van der Waals surface area contributed by atoms with Gasteiger partial charge in [0.15, 0.2) is 0 Å². The minimum absolute atomic E-state index is 0.794. The number of aryl methyl sites for hydroxylation is 1. The Kier molecular flexibility index (Phi) is 2.98. The third-order valence-electron chi connectivity index (χ3n) is 4.14. The number of aromatic nitrogens is 2. The minimum atomic E-state index is 0.794. The summed E-state index contributed by atoms with van der Waals surface area (Å²) in [6, 6.07) is 6.12. The van der Waals surface area contributed by atoms with Crippen LogP contribution in [0.25, 0.3) is 10.9 Å². The van der Waals surface area contributed by atoms with Crippen LogP contribution in [0, 0.1) is 12.8 Å². The molecule has 0 amide bonds. The number of nitrogens with zero attached hydrogens (tertiary/aromatic N) is 2. The van der Waals surface area contributed by atoms with Crippen LogP contribution in [0.5, 0.6) is 0 Å². The molecular formula is C15H21N3. The highest BCUT2D eigenvalue weighted by Gasteiger charge is 2.17. The summed E-state index contributed by atoms with van der Waals surface area (Å²) in [5.41, 5.74) is 9.14. The van der Waals surface area contributed by atoms with Gasteiger partial charge in [-0.1, -0.05) is 25.3 Å². The van der Waals surface area contributed by atoms with Gasteiger partial charge in [-0.25, -0.2) is 0 Å². The van der Waals surface area contributed by atoms with Crippen molar-refractivity contribution >= 4 is 16.6 Å². The van der Waals surface area contributed by atoms with Gasteiger partial charge in [-0.2, -0.15) is 5.10 Å². The topological polar surface area (TPSA) is 43.8 Å². The summed E-state index contributed by atoms with van der Waals surface area (Å²) < 4.78 is 2.16. The summed E-state index contributed by atoms with van der Waals surface area (Å²) in [6.45, 7) is 3.10. The number of hydrogen-bond donors (Lipinski definition) is 1. The normalized spacial score (nSPS) is 17.4. The lowest BCUT2D eigenvalue weighted by molar-refractivity contribution is 0.311. The Labute approximate surface area is 108 Å². The van der Waals surface area contributed by atoms with E-state index >= 15 is 0 Å². The van der Waals surface area contributed by atoms with E-state index in [1.54, 1.807) is 0 Å². The van der Waals surface area contributed by atoms with E-state index in [-0.39, 0.29) is 0 Å². The highest BCUT2D eigenvalue weighted by molar-refractivity contribution is 5.92. The molecule has 1 aliphatic carbocycles. The maximum absolute atomic E-state index is 6.05. The first-order valence-electron chi connectivity index (χ1n) is 6.97. The molecule has 2 N–H and O–H groups in total. The fraction of sp³-hybridized carbons (Fsp3) is 0.533. The van der Waals surface area contributed by atoms with Crippen molar-refractivity contribution in [2.45, 2.75) is 45.6 Å². The van der Waals surface area contributed by atoms with E-state index in [4.69, 9.17) is 5.73 Å². The molecule has 0 aliphatic heterocycles. The Bertz CT molecular complexity index is 550. The Morgan fingerprint density at radius 3 is 2.83 bits per heavy atom. The first kappa shape index (κ1) is 11.6. The molecule has 3 rings (SSSR count). The summed E-state index contributed by atoms with van der Waals surface area (Å²) in [4.78, 5) is 0. The molecule has 3 heteroatoms. The van der Waals surface area contributed by atoms with Crippen molar-refractivity contribution in [3.63, 3.8) is 0 Å². The molecule has 1 aromatic carbocycles. The predicted molar refractivity (Wildman–Crippen MR) is 75.5 cm³/mol. The number of rotatable bonds is 2. The highest BCUT2D eigenvalue weighted by atomic mass is 15.3. The third-order valence-corrected chi connectivity index (χ3v) is 4.14. The number of anilines is 1. The molecule has 18 heavy (non-hydrogen) atoms. The van der Waals surface area contributed by atoms with E-state index in [0.29, 0.717) is 0 Å². The van der Waals surface area contributed by atoms with E-state index in [2.05, 4.69) is 22.8 Å². The van der Waals surface area contributed by atoms with Gasteiger partial charge in [0.1, 0.15) is 0 Å². The predicted octanol–water partition coefficient (Wildman–Crippen LogP) is 3.51. The molecule has 0 bridgehead atoms. The zero-order valence-corrected chi connectivity index (χ0v) is 11.0. The molecular weight excluding hydrogens is 222 g/mol. The Hall–Kier alpha value is -1.51. The molecule has 1 fully saturated rings. The van der Waals surface area contributed by atoms with Crippen molar-refractivity contribution in [3.05, 3.63) is 23.9 Å². The first-order valence-corrected chi connectivity index (χ1v) is 6.97. The van der Waals surface area contributed by atoms with Gasteiger partial charge in [-0.05, 0) is 37.8 Å². The van der Waals surface area contributed by atoms with Crippen molar-refractivity contribution < 1.29 is 0 Å². The van der Waals surface area contributed by atoms with Crippen molar-refractivity contribution in [1.29, 1.82) is 0 Å². The molecule has 0 atom stereocenters. The van der Waals surface area contributed by atoms with Gasteiger partial charge in [-0.15, -0.1) is 0 Å². The maximum Gasteiger partial charge on any atom is 0.0706 e. The summed E-state index contributed by atoms with van der Waals surface area (Å²) in [5.74, 6) is 0.794.